The molecule has 0 spiro atoms. The van der Waals surface area contributed by atoms with Gasteiger partial charge in [-0.1, -0.05) is 36.8 Å². The second kappa shape index (κ2) is 12.1. The molecule has 1 amide bonds. The minimum Gasteiger partial charge on any atom is -0.457 e. The van der Waals surface area contributed by atoms with E-state index < -0.39 is 35.5 Å². The molecular formula is C28H30F3N5O3. The van der Waals surface area contributed by atoms with E-state index in [0.29, 0.717) is 36.7 Å². The van der Waals surface area contributed by atoms with Crippen LogP contribution in [0.5, 0.6) is 0 Å². The first-order valence-electron chi connectivity index (χ1n) is 12.7. The molecule has 2 atom stereocenters. The number of carbonyl (C=O) groups excluding carboxylic acids is 2. The molecule has 0 bridgehead atoms. The number of ether oxygens (including phenoxy) is 1. The second-order valence-corrected chi connectivity index (χ2v) is 9.67. The summed E-state index contributed by atoms with van der Waals surface area (Å²) in [5.41, 5.74) is 0.631. The van der Waals surface area contributed by atoms with Gasteiger partial charge in [-0.05, 0) is 56.5 Å². The first kappa shape index (κ1) is 27.9. The lowest BCUT2D eigenvalue weighted by molar-refractivity contribution is -0.137. The standard InChI is InChI=1S/C28H30F3N5O3/c1-17(2)33-25(37)21-9-6-10-23(21)35-24-22(28(29,30)31)15-32-27(36-24)34-20-13-11-19(12-14-20)26(38)39-16-18-7-4-3-5-8-18/h3-5,7-8,11-15,17,21,23H,6,9-10,16H2,1-2H3,(H,33,37)(H2,32,34,35,36). The van der Waals surface area contributed by atoms with Crippen LogP contribution in [0, 0.1) is 5.92 Å². The van der Waals surface area contributed by atoms with Crippen LogP contribution < -0.4 is 16.0 Å². The third kappa shape index (κ3) is 7.46. The van der Waals surface area contributed by atoms with Crippen molar-refractivity contribution in [1.29, 1.82) is 0 Å². The summed E-state index contributed by atoms with van der Waals surface area (Å²) in [5, 5.41) is 8.57. The number of hydrogen-bond acceptors (Lipinski definition) is 7. The Bertz CT molecular complexity index is 1280. The fourth-order valence-electron chi connectivity index (χ4n) is 4.40. The summed E-state index contributed by atoms with van der Waals surface area (Å²) in [4.78, 5) is 32.9. The lowest BCUT2D eigenvalue weighted by Crippen LogP contribution is -2.41. The van der Waals surface area contributed by atoms with E-state index in [2.05, 4.69) is 25.9 Å². The number of nitrogens with zero attached hydrogens (tertiary/aromatic N) is 2. The Labute approximate surface area is 224 Å². The van der Waals surface area contributed by atoms with E-state index in [-0.39, 0.29) is 24.5 Å². The SMILES string of the molecule is CC(C)NC(=O)C1CCCC1Nc1nc(Nc2ccc(C(=O)OCc3ccccc3)cc2)ncc1C(F)(F)F. The molecule has 0 saturated heterocycles. The van der Waals surface area contributed by atoms with Gasteiger partial charge in [-0.3, -0.25) is 4.79 Å². The molecule has 1 saturated carbocycles. The van der Waals surface area contributed by atoms with Gasteiger partial charge < -0.3 is 20.7 Å². The third-order valence-corrected chi connectivity index (χ3v) is 6.29. The van der Waals surface area contributed by atoms with E-state index in [1.165, 1.54) is 12.1 Å². The normalized spacial score (nSPS) is 17.1. The lowest BCUT2D eigenvalue weighted by atomic mass is 10.0. The van der Waals surface area contributed by atoms with Crippen molar-refractivity contribution in [3.8, 4) is 0 Å². The topological polar surface area (TPSA) is 105 Å². The Kier molecular flexibility index (Phi) is 8.68. The van der Waals surface area contributed by atoms with Gasteiger partial charge in [0.15, 0.2) is 0 Å². The van der Waals surface area contributed by atoms with Crippen LogP contribution in [0.4, 0.5) is 30.6 Å². The highest BCUT2D eigenvalue weighted by molar-refractivity contribution is 5.89. The molecule has 1 aliphatic carbocycles. The van der Waals surface area contributed by atoms with Gasteiger partial charge in [0.2, 0.25) is 11.9 Å². The van der Waals surface area contributed by atoms with E-state index >= 15 is 0 Å². The van der Waals surface area contributed by atoms with Gasteiger partial charge in [-0.2, -0.15) is 18.2 Å². The molecule has 1 fully saturated rings. The monoisotopic (exact) mass is 541 g/mol. The van der Waals surface area contributed by atoms with Crippen molar-refractivity contribution in [2.75, 3.05) is 10.6 Å². The minimum absolute atomic E-state index is 0.0638. The molecule has 1 aromatic heterocycles. The predicted molar refractivity (Wildman–Crippen MR) is 140 cm³/mol. The molecule has 2 aromatic carbocycles. The highest BCUT2D eigenvalue weighted by atomic mass is 19.4. The zero-order valence-electron chi connectivity index (χ0n) is 21.6. The number of halogens is 3. The Morgan fingerprint density at radius 1 is 1.05 bits per heavy atom. The molecule has 0 aliphatic heterocycles. The predicted octanol–water partition coefficient (Wildman–Crippen LogP) is 5.70. The van der Waals surface area contributed by atoms with Gasteiger partial charge in [0.1, 0.15) is 18.0 Å². The van der Waals surface area contributed by atoms with Crippen molar-refractivity contribution in [2.24, 2.45) is 5.92 Å². The van der Waals surface area contributed by atoms with Crippen molar-refractivity contribution < 1.29 is 27.5 Å². The zero-order chi connectivity index (χ0) is 28.0. The van der Waals surface area contributed by atoms with Crippen molar-refractivity contribution in [3.05, 3.63) is 77.5 Å². The van der Waals surface area contributed by atoms with Crippen LogP contribution in [-0.2, 0) is 22.3 Å². The molecule has 2 unspecified atom stereocenters. The van der Waals surface area contributed by atoms with E-state index in [1.54, 1.807) is 12.1 Å². The van der Waals surface area contributed by atoms with E-state index in [9.17, 15) is 22.8 Å². The average Bonchev–Trinajstić information content (AvgIpc) is 3.36. The molecule has 11 heteroatoms. The van der Waals surface area contributed by atoms with Crippen LogP contribution in [0.2, 0.25) is 0 Å². The molecule has 3 aromatic rings. The maximum Gasteiger partial charge on any atom is 0.421 e. The highest BCUT2D eigenvalue weighted by Gasteiger charge is 2.39. The molecule has 1 heterocycles. The summed E-state index contributed by atoms with van der Waals surface area (Å²) in [5.74, 6) is -1.62. The van der Waals surface area contributed by atoms with Gasteiger partial charge in [-0.25, -0.2) is 9.78 Å². The summed E-state index contributed by atoms with van der Waals surface area (Å²) in [7, 11) is 0. The Morgan fingerprint density at radius 2 is 1.77 bits per heavy atom. The molecule has 39 heavy (non-hydrogen) atoms. The van der Waals surface area contributed by atoms with E-state index in [0.717, 1.165) is 5.56 Å². The van der Waals surface area contributed by atoms with Crippen LogP contribution >= 0.6 is 0 Å². The second-order valence-electron chi connectivity index (χ2n) is 9.67. The highest BCUT2D eigenvalue weighted by Crippen LogP contribution is 2.36. The fraction of sp³-hybridized carbons (Fsp3) is 0.357. The smallest absolute Gasteiger partial charge is 0.421 e. The Balaban J connectivity index is 1.46. The number of rotatable bonds is 9. The minimum atomic E-state index is -4.68. The first-order chi connectivity index (χ1) is 18.6. The van der Waals surface area contributed by atoms with Crippen molar-refractivity contribution in [1.82, 2.24) is 15.3 Å². The van der Waals surface area contributed by atoms with Gasteiger partial charge in [0.05, 0.1) is 11.5 Å². The molecule has 1 aliphatic rings. The van der Waals surface area contributed by atoms with Crippen molar-refractivity contribution >= 4 is 29.3 Å². The average molecular weight is 542 g/mol. The van der Waals surface area contributed by atoms with Crippen LogP contribution in [-0.4, -0.2) is 33.9 Å². The number of esters is 1. The molecule has 4 rings (SSSR count). The van der Waals surface area contributed by atoms with Crippen LogP contribution in [0.3, 0.4) is 0 Å². The molecule has 8 nitrogen and oxygen atoms in total. The molecular weight excluding hydrogens is 511 g/mol. The number of nitrogens with one attached hydrogen (secondary N) is 3. The van der Waals surface area contributed by atoms with Gasteiger partial charge in [-0.15, -0.1) is 0 Å². The van der Waals surface area contributed by atoms with Gasteiger partial charge in [0.25, 0.3) is 0 Å². The number of benzene rings is 2. The third-order valence-electron chi connectivity index (χ3n) is 6.29. The number of amides is 1. The van der Waals surface area contributed by atoms with Crippen molar-refractivity contribution in [3.63, 3.8) is 0 Å². The van der Waals surface area contributed by atoms with Crippen LogP contribution in [0.1, 0.15) is 54.6 Å². The summed E-state index contributed by atoms with van der Waals surface area (Å²) < 4.78 is 46.5. The number of hydrogen-bond donors (Lipinski definition) is 3. The fourth-order valence-corrected chi connectivity index (χ4v) is 4.40. The number of carbonyl (C=O) groups is 2. The van der Waals surface area contributed by atoms with E-state index in [1.807, 2.05) is 44.2 Å². The first-order valence-corrected chi connectivity index (χ1v) is 12.7. The van der Waals surface area contributed by atoms with Gasteiger partial charge in [0, 0.05) is 24.0 Å². The summed E-state index contributed by atoms with van der Waals surface area (Å²) in [6.45, 7) is 3.80. The molecule has 0 radical (unpaired) electrons. The maximum absolute atomic E-state index is 13.7. The summed E-state index contributed by atoms with van der Waals surface area (Å²) >= 11 is 0. The number of aromatic nitrogens is 2. The summed E-state index contributed by atoms with van der Waals surface area (Å²) in [6, 6.07) is 14.9. The quantitative estimate of drug-likeness (QED) is 0.299. The Morgan fingerprint density at radius 3 is 2.44 bits per heavy atom. The van der Waals surface area contributed by atoms with Gasteiger partial charge >= 0.3 is 12.1 Å². The van der Waals surface area contributed by atoms with Crippen molar-refractivity contribution in [2.45, 2.75) is 58.0 Å². The van der Waals surface area contributed by atoms with E-state index in [4.69, 9.17) is 4.74 Å². The maximum atomic E-state index is 13.7. The zero-order valence-corrected chi connectivity index (χ0v) is 21.6. The number of alkyl halides is 3. The van der Waals surface area contributed by atoms with Crippen LogP contribution in [0.25, 0.3) is 0 Å². The molecule has 206 valence electrons. The lowest BCUT2D eigenvalue weighted by Gasteiger charge is -2.24. The number of anilines is 3. The largest absolute Gasteiger partial charge is 0.457 e. The van der Waals surface area contributed by atoms with Crippen LogP contribution in [0.15, 0.2) is 60.8 Å². The molecule has 3 N–H and O–H groups in total. The Hall–Kier alpha value is -4.15. The summed E-state index contributed by atoms with van der Waals surface area (Å²) in [6.07, 6.45) is -2.14.